The second-order valence-corrected chi connectivity index (χ2v) is 4.70. The van der Waals surface area contributed by atoms with Gasteiger partial charge < -0.3 is 10.5 Å². The predicted octanol–water partition coefficient (Wildman–Crippen LogP) is 2.89. The SMILES string of the molecule is Cc1ccccc1OC1CCCCC1CN. The van der Waals surface area contributed by atoms with Crippen LogP contribution in [0.5, 0.6) is 5.75 Å². The molecule has 2 unspecified atom stereocenters. The summed E-state index contributed by atoms with van der Waals surface area (Å²) in [4.78, 5) is 0. The molecule has 2 rings (SSSR count). The molecule has 2 N–H and O–H groups in total. The molecule has 2 atom stereocenters. The van der Waals surface area contributed by atoms with Gasteiger partial charge in [0.25, 0.3) is 0 Å². The molecule has 1 aliphatic rings. The van der Waals surface area contributed by atoms with Crippen molar-refractivity contribution in [2.24, 2.45) is 11.7 Å². The lowest BCUT2D eigenvalue weighted by Gasteiger charge is -2.31. The normalized spacial score (nSPS) is 25.4. The van der Waals surface area contributed by atoms with Crippen molar-refractivity contribution in [1.29, 1.82) is 0 Å². The Balaban J connectivity index is 2.05. The molecule has 2 nitrogen and oxygen atoms in total. The fourth-order valence-corrected chi connectivity index (χ4v) is 2.45. The third kappa shape index (κ3) is 2.56. The molecule has 1 aliphatic carbocycles. The maximum atomic E-state index is 6.11. The number of hydrogen-bond acceptors (Lipinski definition) is 2. The van der Waals surface area contributed by atoms with E-state index in [9.17, 15) is 0 Å². The monoisotopic (exact) mass is 219 g/mol. The summed E-state index contributed by atoms with van der Waals surface area (Å²) in [7, 11) is 0. The van der Waals surface area contributed by atoms with Crippen LogP contribution in [-0.4, -0.2) is 12.6 Å². The van der Waals surface area contributed by atoms with Crippen LogP contribution in [0.15, 0.2) is 24.3 Å². The third-order valence-corrected chi connectivity index (χ3v) is 3.51. The van der Waals surface area contributed by atoms with Gasteiger partial charge in [0.2, 0.25) is 0 Å². The first-order chi connectivity index (χ1) is 7.81. The largest absolute Gasteiger partial charge is 0.490 e. The van der Waals surface area contributed by atoms with E-state index in [1.807, 2.05) is 12.1 Å². The highest BCUT2D eigenvalue weighted by Crippen LogP contribution is 2.29. The minimum absolute atomic E-state index is 0.319. The fourth-order valence-electron chi connectivity index (χ4n) is 2.45. The van der Waals surface area contributed by atoms with Crippen LogP contribution in [0.2, 0.25) is 0 Å². The summed E-state index contributed by atoms with van der Waals surface area (Å²) < 4.78 is 6.11. The Morgan fingerprint density at radius 2 is 2.00 bits per heavy atom. The van der Waals surface area contributed by atoms with Crippen molar-refractivity contribution in [3.05, 3.63) is 29.8 Å². The molecular weight excluding hydrogens is 198 g/mol. The first kappa shape index (κ1) is 11.5. The van der Waals surface area contributed by atoms with Crippen molar-refractivity contribution in [2.75, 3.05) is 6.54 Å². The quantitative estimate of drug-likeness (QED) is 0.848. The van der Waals surface area contributed by atoms with Crippen molar-refractivity contribution in [3.8, 4) is 5.75 Å². The van der Waals surface area contributed by atoms with Crippen molar-refractivity contribution < 1.29 is 4.74 Å². The number of rotatable bonds is 3. The Morgan fingerprint density at radius 3 is 2.75 bits per heavy atom. The maximum Gasteiger partial charge on any atom is 0.122 e. The highest BCUT2D eigenvalue weighted by molar-refractivity contribution is 5.32. The van der Waals surface area contributed by atoms with Crippen molar-refractivity contribution in [3.63, 3.8) is 0 Å². The molecule has 16 heavy (non-hydrogen) atoms. The average Bonchev–Trinajstić information content (AvgIpc) is 2.33. The van der Waals surface area contributed by atoms with E-state index in [1.54, 1.807) is 0 Å². The van der Waals surface area contributed by atoms with Gasteiger partial charge in [-0.3, -0.25) is 0 Å². The molecule has 88 valence electrons. The van der Waals surface area contributed by atoms with Gasteiger partial charge in [0, 0.05) is 5.92 Å². The summed E-state index contributed by atoms with van der Waals surface area (Å²) in [6, 6.07) is 8.22. The molecule has 0 saturated heterocycles. The smallest absolute Gasteiger partial charge is 0.122 e. The zero-order valence-corrected chi connectivity index (χ0v) is 9.99. The summed E-state index contributed by atoms with van der Waals surface area (Å²) in [6.07, 6.45) is 5.26. The third-order valence-electron chi connectivity index (χ3n) is 3.51. The number of ether oxygens (including phenoxy) is 1. The minimum atomic E-state index is 0.319. The molecule has 0 radical (unpaired) electrons. The molecular formula is C14H21NO. The second kappa shape index (κ2) is 5.35. The van der Waals surface area contributed by atoms with E-state index >= 15 is 0 Å². The Bertz CT molecular complexity index is 337. The topological polar surface area (TPSA) is 35.2 Å². The van der Waals surface area contributed by atoms with Crippen LogP contribution >= 0.6 is 0 Å². The van der Waals surface area contributed by atoms with Gasteiger partial charge >= 0.3 is 0 Å². The van der Waals surface area contributed by atoms with Crippen LogP contribution in [0, 0.1) is 12.8 Å². The molecule has 1 aromatic carbocycles. The molecule has 0 bridgehead atoms. The number of aryl methyl sites for hydroxylation is 1. The van der Waals surface area contributed by atoms with E-state index in [2.05, 4.69) is 19.1 Å². The lowest BCUT2D eigenvalue weighted by Crippen LogP contribution is -2.35. The summed E-state index contributed by atoms with van der Waals surface area (Å²) in [5.41, 5.74) is 7.02. The Kier molecular flexibility index (Phi) is 3.83. The molecule has 1 aromatic rings. The Morgan fingerprint density at radius 1 is 1.25 bits per heavy atom. The lowest BCUT2D eigenvalue weighted by molar-refractivity contribution is 0.0963. The van der Waals surface area contributed by atoms with E-state index in [1.165, 1.54) is 24.8 Å². The maximum absolute atomic E-state index is 6.11. The van der Waals surface area contributed by atoms with E-state index in [4.69, 9.17) is 10.5 Å². The van der Waals surface area contributed by atoms with Crippen LogP contribution in [-0.2, 0) is 0 Å². The molecule has 0 aliphatic heterocycles. The summed E-state index contributed by atoms with van der Waals surface area (Å²) in [5, 5.41) is 0. The van der Waals surface area contributed by atoms with E-state index in [0.717, 1.165) is 18.7 Å². The average molecular weight is 219 g/mol. The summed E-state index contributed by atoms with van der Waals surface area (Å²) in [5.74, 6) is 1.56. The molecule has 0 amide bonds. The van der Waals surface area contributed by atoms with Crippen LogP contribution < -0.4 is 10.5 Å². The molecule has 2 heteroatoms. The number of para-hydroxylation sites is 1. The highest BCUT2D eigenvalue weighted by atomic mass is 16.5. The molecule has 1 saturated carbocycles. The van der Waals surface area contributed by atoms with Gasteiger partial charge in [-0.1, -0.05) is 24.6 Å². The number of hydrogen-bond donors (Lipinski definition) is 1. The number of nitrogens with two attached hydrogens (primary N) is 1. The Labute approximate surface area is 97.8 Å². The molecule has 0 heterocycles. The van der Waals surface area contributed by atoms with Gasteiger partial charge in [0.05, 0.1) is 0 Å². The van der Waals surface area contributed by atoms with Gasteiger partial charge in [-0.2, -0.15) is 0 Å². The van der Waals surface area contributed by atoms with Crippen LogP contribution in [0.25, 0.3) is 0 Å². The van der Waals surface area contributed by atoms with Crippen LogP contribution in [0.3, 0.4) is 0 Å². The van der Waals surface area contributed by atoms with Gasteiger partial charge in [0.1, 0.15) is 11.9 Å². The Hall–Kier alpha value is -1.02. The lowest BCUT2D eigenvalue weighted by atomic mass is 9.86. The highest BCUT2D eigenvalue weighted by Gasteiger charge is 2.25. The fraction of sp³-hybridized carbons (Fsp3) is 0.571. The van der Waals surface area contributed by atoms with Crippen molar-refractivity contribution in [2.45, 2.75) is 38.7 Å². The van der Waals surface area contributed by atoms with E-state index in [0.29, 0.717) is 12.0 Å². The van der Waals surface area contributed by atoms with Crippen molar-refractivity contribution >= 4 is 0 Å². The predicted molar refractivity (Wildman–Crippen MR) is 66.6 cm³/mol. The second-order valence-electron chi connectivity index (χ2n) is 4.70. The van der Waals surface area contributed by atoms with Crippen LogP contribution in [0.4, 0.5) is 0 Å². The standard InChI is InChI=1S/C14H21NO/c1-11-6-2-4-8-13(11)16-14-9-5-3-7-12(14)10-15/h2,4,6,8,12,14H,3,5,7,9-10,15H2,1H3. The van der Waals surface area contributed by atoms with Gasteiger partial charge in [-0.15, -0.1) is 0 Å². The molecule has 0 spiro atoms. The first-order valence-electron chi connectivity index (χ1n) is 6.23. The minimum Gasteiger partial charge on any atom is -0.490 e. The first-order valence-corrected chi connectivity index (χ1v) is 6.23. The van der Waals surface area contributed by atoms with Gasteiger partial charge in [0.15, 0.2) is 0 Å². The zero-order chi connectivity index (χ0) is 11.4. The summed E-state index contributed by atoms with van der Waals surface area (Å²) >= 11 is 0. The van der Waals surface area contributed by atoms with E-state index < -0.39 is 0 Å². The molecule has 1 fully saturated rings. The van der Waals surface area contributed by atoms with Gasteiger partial charge in [-0.05, 0) is 44.4 Å². The zero-order valence-electron chi connectivity index (χ0n) is 9.99. The number of benzene rings is 1. The summed E-state index contributed by atoms with van der Waals surface area (Å²) in [6.45, 7) is 2.84. The molecule has 0 aromatic heterocycles. The van der Waals surface area contributed by atoms with Crippen molar-refractivity contribution in [1.82, 2.24) is 0 Å². The van der Waals surface area contributed by atoms with E-state index in [-0.39, 0.29) is 0 Å². The van der Waals surface area contributed by atoms with Crippen LogP contribution in [0.1, 0.15) is 31.2 Å². The van der Waals surface area contributed by atoms with Gasteiger partial charge in [-0.25, -0.2) is 0 Å².